The maximum atomic E-state index is 12.2. The molecule has 1 aliphatic rings. The van der Waals surface area contributed by atoms with Crippen LogP contribution in [0.2, 0.25) is 0 Å². The zero-order chi connectivity index (χ0) is 19.2. The predicted molar refractivity (Wildman–Crippen MR) is 109 cm³/mol. The highest BCUT2D eigenvalue weighted by Crippen LogP contribution is 2.29. The van der Waals surface area contributed by atoms with Crippen molar-refractivity contribution in [2.24, 2.45) is 4.99 Å². The summed E-state index contributed by atoms with van der Waals surface area (Å²) < 4.78 is 4.77. The Balaban J connectivity index is 1.83. The number of allylic oxidation sites excluding steroid dienone is 2. The lowest BCUT2D eigenvalue weighted by Crippen LogP contribution is -2.19. The number of nitrogens with one attached hydrogen (secondary N) is 1. The molecule has 0 spiro atoms. The summed E-state index contributed by atoms with van der Waals surface area (Å²) in [7, 11) is 1.32. The number of amides is 1. The summed E-state index contributed by atoms with van der Waals surface area (Å²) >= 11 is 1.24. The first kappa shape index (κ1) is 18.7. The van der Waals surface area contributed by atoms with Crippen molar-refractivity contribution < 1.29 is 14.3 Å². The molecule has 1 aliphatic heterocycles. The van der Waals surface area contributed by atoms with Crippen LogP contribution >= 0.6 is 11.8 Å². The van der Waals surface area contributed by atoms with Gasteiger partial charge in [-0.15, -0.1) is 0 Å². The first-order chi connectivity index (χ1) is 13.1. The molecule has 3 rings (SSSR count). The molecule has 1 N–H and O–H groups in total. The van der Waals surface area contributed by atoms with E-state index in [1.54, 1.807) is 24.3 Å². The van der Waals surface area contributed by atoms with Gasteiger partial charge < -0.3 is 10.1 Å². The lowest BCUT2D eigenvalue weighted by Gasteiger charge is -2.03. The lowest BCUT2D eigenvalue weighted by molar-refractivity contribution is -0.115. The van der Waals surface area contributed by atoms with Crippen LogP contribution in [0.1, 0.15) is 22.8 Å². The minimum Gasteiger partial charge on any atom is -0.465 e. The SMILES string of the molecule is COC(=O)c1ccccc1N=C1NC(=O)/C(=C/C(C)=C/c2ccccc2)S1. The summed E-state index contributed by atoms with van der Waals surface area (Å²) in [4.78, 5) is 29.0. The van der Waals surface area contributed by atoms with Gasteiger partial charge >= 0.3 is 5.97 Å². The van der Waals surface area contributed by atoms with E-state index in [-0.39, 0.29) is 5.91 Å². The minimum atomic E-state index is -0.471. The number of carbonyl (C=O) groups is 2. The number of rotatable bonds is 4. The smallest absolute Gasteiger partial charge is 0.340 e. The van der Waals surface area contributed by atoms with Crippen molar-refractivity contribution in [3.63, 3.8) is 0 Å². The highest BCUT2D eigenvalue weighted by atomic mass is 32.2. The molecule has 0 saturated carbocycles. The number of benzene rings is 2. The first-order valence-electron chi connectivity index (χ1n) is 8.27. The zero-order valence-electron chi connectivity index (χ0n) is 14.9. The van der Waals surface area contributed by atoms with E-state index < -0.39 is 5.97 Å². The highest BCUT2D eigenvalue weighted by molar-refractivity contribution is 8.18. The molecule has 1 fully saturated rings. The molecule has 6 heteroatoms. The summed E-state index contributed by atoms with van der Waals surface area (Å²) in [6, 6.07) is 16.7. The van der Waals surface area contributed by atoms with Crippen LogP contribution in [0.15, 0.2) is 76.1 Å². The Morgan fingerprint density at radius 2 is 1.81 bits per heavy atom. The van der Waals surface area contributed by atoms with Crippen molar-refractivity contribution in [1.82, 2.24) is 5.32 Å². The summed E-state index contributed by atoms with van der Waals surface area (Å²) in [5, 5.41) is 3.16. The molecule has 0 aromatic heterocycles. The molecule has 0 radical (unpaired) electrons. The maximum absolute atomic E-state index is 12.2. The number of carbonyl (C=O) groups excluding carboxylic acids is 2. The molecule has 5 nitrogen and oxygen atoms in total. The van der Waals surface area contributed by atoms with E-state index in [1.807, 2.05) is 49.4 Å². The molecular weight excluding hydrogens is 360 g/mol. The number of ether oxygens (including phenoxy) is 1. The molecule has 136 valence electrons. The van der Waals surface area contributed by atoms with E-state index in [2.05, 4.69) is 10.3 Å². The summed E-state index contributed by atoms with van der Waals surface area (Å²) in [6.45, 7) is 1.94. The van der Waals surface area contributed by atoms with Gasteiger partial charge in [0.2, 0.25) is 0 Å². The fourth-order valence-corrected chi connectivity index (χ4v) is 3.39. The Bertz CT molecular complexity index is 962. The van der Waals surface area contributed by atoms with Gasteiger partial charge in [0.05, 0.1) is 23.3 Å². The molecule has 2 aromatic carbocycles. The molecule has 0 aliphatic carbocycles. The number of nitrogens with zero attached hydrogens (tertiary/aromatic N) is 1. The quantitative estimate of drug-likeness (QED) is 0.636. The largest absolute Gasteiger partial charge is 0.465 e. The second-order valence-electron chi connectivity index (χ2n) is 5.79. The van der Waals surface area contributed by atoms with E-state index in [0.717, 1.165) is 11.1 Å². The van der Waals surface area contributed by atoms with E-state index >= 15 is 0 Å². The monoisotopic (exact) mass is 378 g/mol. The van der Waals surface area contributed by atoms with Crippen LogP contribution in [-0.2, 0) is 9.53 Å². The molecule has 0 atom stereocenters. The Morgan fingerprint density at radius 1 is 1.11 bits per heavy atom. The first-order valence-corrected chi connectivity index (χ1v) is 9.09. The molecular formula is C21H18N2O3S. The standard InChI is InChI=1S/C21H18N2O3S/c1-14(12-15-8-4-3-5-9-15)13-18-19(24)23-21(27-18)22-17-11-7-6-10-16(17)20(25)26-2/h3-13H,1-2H3,(H,22,23,24)/b14-12+,18-13-. The van der Waals surface area contributed by atoms with Crippen molar-refractivity contribution in [3.8, 4) is 0 Å². The Hall–Kier alpha value is -3.12. The fraction of sp³-hybridized carbons (Fsp3) is 0.0952. The van der Waals surface area contributed by atoms with Gasteiger partial charge in [-0.25, -0.2) is 9.79 Å². The van der Waals surface area contributed by atoms with Crippen molar-refractivity contribution in [2.45, 2.75) is 6.92 Å². The van der Waals surface area contributed by atoms with Crippen LogP contribution in [0.25, 0.3) is 6.08 Å². The van der Waals surface area contributed by atoms with E-state index in [4.69, 9.17) is 4.74 Å². The van der Waals surface area contributed by atoms with Gasteiger partial charge in [-0.05, 0) is 48.0 Å². The number of para-hydroxylation sites is 1. The normalized spacial score (nSPS) is 17.3. The van der Waals surface area contributed by atoms with Crippen LogP contribution in [0, 0.1) is 0 Å². The third-order valence-electron chi connectivity index (χ3n) is 3.73. The van der Waals surface area contributed by atoms with Gasteiger partial charge in [-0.3, -0.25) is 4.79 Å². The van der Waals surface area contributed by atoms with Gasteiger partial charge in [0, 0.05) is 0 Å². The Labute approximate surface area is 161 Å². The molecule has 27 heavy (non-hydrogen) atoms. The number of methoxy groups -OCH3 is 1. The van der Waals surface area contributed by atoms with Gasteiger partial charge in [0.25, 0.3) is 5.91 Å². The molecule has 0 bridgehead atoms. The van der Waals surface area contributed by atoms with Gasteiger partial charge in [-0.2, -0.15) is 0 Å². The average Bonchev–Trinajstić information content (AvgIpc) is 3.01. The van der Waals surface area contributed by atoms with E-state index in [1.165, 1.54) is 18.9 Å². The van der Waals surface area contributed by atoms with Gasteiger partial charge in [-0.1, -0.05) is 48.5 Å². The maximum Gasteiger partial charge on any atom is 0.340 e. The van der Waals surface area contributed by atoms with Crippen LogP contribution in [-0.4, -0.2) is 24.2 Å². The van der Waals surface area contributed by atoms with Crippen molar-refractivity contribution in [1.29, 1.82) is 0 Å². The molecule has 1 amide bonds. The molecule has 0 unspecified atom stereocenters. The molecule has 1 heterocycles. The fourth-order valence-electron chi connectivity index (χ4n) is 2.50. The summed E-state index contributed by atoms with van der Waals surface area (Å²) in [5.41, 5.74) is 2.82. The van der Waals surface area contributed by atoms with Crippen molar-refractivity contribution in [3.05, 3.63) is 82.3 Å². The number of esters is 1. The summed E-state index contributed by atoms with van der Waals surface area (Å²) in [5.74, 6) is -0.684. The minimum absolute atomic E-state index is 0.213. The lowest BCUT2D eigenvalue weighted by atomic mass is 10.1. The Morgan fingerprint density at radius 3 is 2.56 bits per heavy atom. The predicted octanol–water partition coefficient (Wildman–Crippen LogP) is 4.31. The topological polar surface area (TPSA) is 67.8 Å². The van der Waals surface area contributed by atoms with Crippen LogP contribution in [0.5, 0.6) is 0 Å². The third-order valence-corrected chi connectivity index (χ3v) is 4.64. The van der Waals surface area contributed by atoms with E-state index in [9.17, 15) is 9.59 Å². The number of hydrogen-bond acceptors (Lipinski definition) is 5. The van der Waals surface area contributed by atoms with Crippen molar-refractivity contribution in [2.75, 3.05) is 7.11 Å². The third kappa shape index (κ3) is 4.74. The number of amidine groups is 1. The Kier molecular flexibility index (Phi) is 5.88. The second-order valence-corrected chi connectivity index (χ2v) is 6.82. The van der Waals surface area contributed by atoms with Crippen LogP contribution < -0.4 is 5.32 Å². The summed E-state index contributed by atoms with van der Waals surface area (Å²) in [6.07, 6.45) is 3.82. The van der Waals surface area contributed by atoms with Crippen molar-refractivity contribution >= 4 is 40.6 Å². The van der Waals surface area contributed by atoms with Crippen LogP contribution in [0.3, 0.4) is 0 Å². The number of thioether (sulfide) groups is 1. The van der Waals surface area contributed by atoms with Gasteiger partial charge in [0.15, 0.2) is 5.17 Å². The highest BCUT2D eigenvalue weighted by Gasteiger charge is 2.24. The van der Waals surface area contributed by atoms with E-state index in [0.29, 0.717) is 21.3 Å². The zero-order valence-corrected chi connectivity index (χ0v) is 15.7. The number of hydrogen-bond donors (Lipinski definition) is 1. The second kappa shape index (κ2) is 8.51. The number of aliphatic imine (C=N–C) groups is 1. The molecule has 1 saturated heterocycles. The van der Waals surface area contributed by atoms with Gasteiger partial charge in [0.1, 0.15) is 0 Å². The molecule has 2 aromatic rings. The van der Waals surface area contributed by atoms with Crippen LogP contribution in [0.4, 0.5) is 5.69 Å². The average molecular weight is 378 g/mol.